The van der Waals surface area contributed by atoms with Crippen LogP contribution in [0.3, 0.4) is 0 Å². The fourth-order valence-corrected chi connectivity index (χ4v) is 10.9. The van der Waals surface area contributed by atoms with E-state index in [0.717, 1.165) is 72.5 Å². The first-order chi connectivity index (χ1) is 36.7. The fourth-order valence-electron chi connectivity index (χ4n) is 10.9. The van der Waals surface area contributed by atoms with E-state index in [0.29, 0.717) is 17.5 Å². The number of nitrogens with zero attached hydrogens (tertiary/aromatic N) is 5. The number of benzene rings is 11. The highest BCUT2D eigenvalue weighted by Gasteiger charge is 2.21. The predicted octanol–water partition coefficient (Wildman–Crippen LogP) is 17.7. The van der Waals surface area contributed by atoms with Crippen molar-refractivity contribution in [1.29, 1.82) is 0 Å². The Labute approximate surface area is 428 Å². The van der Waals surface area contributed by atoms with Gasteiger partial charge in [-0.1, -0.05) is 224 Å². The van der Waals surface area contributed by atoms with E-state index in [4.69, 9.17) is 15.0 Å². The van der Waals surface area contributed by atoms with Gasteiger partial charge in [-0.15, -0.1) is 0 Å². The molecule has 0 spiro atoms. The van der Waals surface area contributed by atoms with E-state index in [1.807, 2.05) is 18.2 Å². The summed E-state index contributed by atoms with van der Waals surface area (Å²) in [7, 11) is 0. The molecule has 0 radical (unpaired) electrons. The van der Waals surface area contributed by atoms with Gasteiger partial charge in [0.2, 0.25) is 0 Å². The Bertz CT molecular complexity index is 4330. The second-order valence-electron chi connectivity index (χ2n) is 18.8. The smallest absolute Gasteiger partial charge is 0.164 e. The predicted molar refractivity (Wildman–Crippen MR) is 307 cm³/mol. The van der Waals surface area contributed by atoms with E-state index in [1.54, 1.807) is 0 Å². The molecule has 0 aliphatic heterocycles. The third kappa shape index (κ3) is 7.46. The molecule has 11 aromatic carbocycles. The summed E-state index contributed by atoms with van der Waals surface area (Å²) in [6.07, 6.45) is 0. The minimum absolute atomic E-state index is 0.601. The van der Waals surface area contributed by atoms with Crippen LogP contribution in [0.4, 0.5) is 0 Å². The molecule has 0 saturated carbocycles. The Morgan fingerprint density at radius 1 is 0.203 bits per heavy atom. The van der Waals surface area contributed by atoms with Crippen molar-refractivity contribution in [3.8, 4) is 90.0 Å². The van der Waals surface area contributed by atoms with Crippen molar-refractivity contribution >= 4 is 43.6 Å². The first kappa shape index (κ1) is 42.9. The molecule has 5 nitrogen and oxygen atoms in total. The summed E-state index contributed by atoms with van der Waals surface area (Å²) >= 11 is 0. The maximum Gasteiger partial charge on any atom is 0.164 e. The van der Waals surface area contributed by atoms with Crippen molar-refractivity contribution in [1.82, 2.24) is 24.1 Å². The van der Waals surface area contributed by atoms with Crippen LogP contribution in [0.5, 0.6) is 0 Å². The van der Waals surface area contributed by atoms with Crippen LogP contribution in [0.25, 0.3) is 134 Å². The average molecular weight is 944 g/mol. The monoisotopic (exact) mass is 943 g/mol. The molecular formula is C69H45N5. The van der Waals surface area contributed by atoms with Gasteiger partial charge in [0.1, 0.15) is 0 Å². The molecule has 3 aromatic heterocycles. The fraction of sp³-hybridized carbons (Fsp3) is 0. The SMILES string of the molecule is c1ccc(-c2ccc3c(c2)c2ccccc2n3-c2ccc(-c3ccc(-c4nc(-c5ccccc5)nc(-c5ccc(-c6ccccc6)c(-n6c7ccccc7c7ccccc76)c5)n4)cc3)cc2-c2ccccc2)cc1. The standard InChI is InChI=1S/C69H45N5/c1-5-19-46(20-6-1)53-39-42-65-60(44-53)58-29-15-18-32-63(58)73(65)64-41-38-52(43-59(64)49-23-9-3-10-24-49)47-33-35-51(36-34-47)68-70-67(50-25-11-4-12-26-50)71-69(72-68)54-37-40-55(48-21-7-2-8-22-48)66(45-54)74-61-30-16-13-27-56(61)57-28-14-17-31-62(57)74/h1-45H. The molecule has 14 aromatic rings. The van der Waals surface area contributed by atoms with E-state index in [-0.39, 0.29) is 0 Å². The molecule has 5 heteroatoms. The molecule has 14 rings (SSSR count). The Morgan fingerprint density at radius 3 is 1.15 bits per heavy atom. The molecule has 0 aliphatic rings. The lowest BCUT2D eigenvalue weighted by Gasteiger charge is -2.17. The zero-order valence-corrected chi connectivity index (χ0v) is 40.2. The number of aromatic nitrogens is 5. The maximum absolute atomic E-state index is 5.28. The third-order valence-electron chi connectivity index (χ3n) is 14.4. The lowest BCUT2D eigenvalue weighted by molar-refractivity contribution is 1.07. The highest BCUT2D eigenvalue weighted by Crippen LogP contribution is 2.41. The lowest BCUT2D eigenvalue weighted by atomic mass is 9.96. The van der Waals surface area contributed by atoms with E-state index >= 15 is 0 Å². The van der Waals surface area contributed by atoms with Gasteiger partial charge < -0.3 is 9.13 Å². The number of hydrogen-bond acceptors (Lipinski definition) is 3. The van der Waals surface area contributed by atoms with Gasteiger partial charge in [0.05, 0.1) is 33.4 Å². The summed E-state index contributed by atoms with van der Waals surface area (Å²) in [5.41, 5.74) is 18.7. The van der Waals surface area contributed by atoms with Crippen molar-refractivity contribution in [2.75, 3.05) is 0 Å². The molecule has 0 amide bonds. The highest BCUT2D eigenvalue weighted by atomic mass is 15.0. The topological polar surface area (TPSA) is 48.5 Å². The molecule has 0 saturated heterocycles. The van der Waals surface area contributed by atoms with Gasteiger partial charge in [0.25, 0.3) is 0 Å². The van der Waals surface area contributed by atoms with Crippen LogP contribution in [0, 0.1) is 0 Å². The number of fused-ring (bicyclic) bond motifs is 6. The van der Waals surface area contributed by atoms with Crippen molar-refractivity contribution in [3.05, 3.63) is 273 Å². The van der Waals surface area contributed by atoms with Crippen molar-refractivity contribution in [3.63, 3.8) is 0 Å². The molecule has 3 heterocycles. The van der Waals surface area contributed by atoms with Gasteiger partial charge in [-0.05, 0) is 81.9 Å². The van der Waals surface area contributed by atoms with Crippen LogP contribution in [0.2, 0.25) is 0 Å². The summed E-state index contributed by atoms with van der Waals surface area (Å²) in [4.78, 5) is 15.6. The second-order valence-corrected chi connectivity index (χ2v) is 18.8. The normalized spacial score (nSPS) is 11.5. The van der Waals surface area contributed by atoms with E-state index in [1.165, 1.54) is 43.7 Å². The number of hydrogen-bond donors (Lipinski definition) is 0. The number of rotatable bonds is 9. The summed E-state index contributed by atoms with van der Waals surface area (Å²) in [6.45, 7) is 0. The van der Waals surface area contributed by atoms with Crippen LogP contribution in [0.15, 0.2) is 273 Å². The zero-order valence-electron chi connectivity index (χ0n) is 40.2. The third-order valence-corrected chi connectivity index (χ3v) is 14.4. The van der Waals surface area contributed by atoms with E-state index in [9.17, 15) is 0 Å². The Morgan fingerprint density at radius 2 is 0.568 bits per heavy atom. The van der Waals surface area contributed by atoms with Gasteiger partial charge in [-0.25, -0.2) is 15.0 Å². The summed E-state index contributed by atoms with van der Waals surface area (Å²) in [5.74, 6) is 1.82. The molecule has 0 aliphatic carbocycles. The van der Waals surface area contributed by atoms with Gasteiger partial charge in [0, 0.05) is 49.4 Å². The summed E-state index contributed by atoms with van der Waals surface area (Å²) in [5, 5.41) is 4.87. The highest BCUT2D eigenvalue weighted by molar-refractivity contribution is 6.12. The Kier molecular flexibility index (Phi) is 10.4. The molecule has 0 unspecified atom stereocenters. The molecule has 0 fully saturated rings. The van der Waals surface area contributed by atoms with Gasteiger partial charge >= 0.3 is 0 Å². The van der Waals surface area contributed by atoms with Crippen LogP contribution in [-0.2, 0) is 0 Å². The van der Waals surface area contributed by atoms with Gasteiger partial charge in [0.15, 0.2) is 17.5 Å². The largest absolute Gasteiger partial charge is 0.309 e. The number of para-hydroxylation sites is 3. The molecule has 346 valence electrons. The quantitative estimate of drug-likeness (QED) is 0.145. The van der Waals surface area contributed by atoms with Crippen molar-refractivity contribution in [2.24, 2.45) is 0 Å². The van der Waals surface area contributed by atoms with Crippen LogP contribution in [0.1, 0.15) is 0 Å². The Hall–Kier alpha value is -9.97. The lowest BCUT2D eigenvalue weighted by Crippen LogP contribution is -2.02. The van der Waals surface area contributed by atoms with Crippen LogP contribution in [-0.4, -0.2) is 24.1 Å². The summed E-state index contributed by atoms with van der Waals surface area (Å²) < 4.78 is 4.81. The van der Waals surface area contributed by atoms with Crippen LogP contribution < -0.4 is 0 Å². The molecule has 0 atom stereocenters. The second kappa shape index (κ2) is 18.0. The summed E-state index contributed by atoms with van der Waals surface area (Å²) in [6, 6.07) is 97.2. The average Bonchev–Trinajstić information content (AvgIpc) is 4.01. The van der Waals surface area contributed by atoms with Gasteiger partial charge in [-0.2, -0.15) is 0 Å². The first-order valence-electron chi connectivity index (χ1n) is 25.1. The van der Waals surface area contributed by atoms with E-state index < -0.39 is 0 Å². The van der Waals surface area contributed by atoms with Crippen molar-refractivity contribution < 1.29 is 0 Å². The molecule has 0 N–H and O–H groups in total. The minimum Gasteiger partial charge on any atom is -0.309 e. The zero-order chi connectivity index (χ0) is 49.0. The minimum atomic E-state index is 0.601. The Balaban J connectivity index is 0.886. The molecule has 0 bridgehead atoms. The molecular weight excluding hydrogens is 899 g/mol. The first-order valence-corrected chi connectivity index (χ1v) is 25.1. The molecule has 74 heavy (non-hydrogen) atoms. The maximum atomic E-state index is 5.28. The van der Waals surface area contributed by atoms with Crippen molar-refractivity contribution in [2.45, 2.75) is 0 Å². The van der Waals surface area contributed by atoms with E-state index in [2.05, 4.69) is 264 Å². The van der Waals surface area contributed by atoms with Crippen LogP contribution >= 0.6 is 0 Å². The van der Waals surface area contributed by atoms with Gasteiger partial charge in [-0.3, -0.25) is 0 Å².